The molecule has 0 saturated carbocycles. The van der Waals surface area contributed by atoms with Crippen molar-refractivity contribution in [3.63, 3.8) is 0 Å². The smallest absolute Gasteiger partial charge is 0.122 e. The molecule has 0 spiro atoms. The minimum Gasteiger partial charge on any atom is -0.496 e. The summed E-state index contributed by atoms with van der Waals surface area (Å²) in [5.41, 5.74) is 4.95. The fourth-order valence-corrected chi connectivity index (χ4v) is 1.73. The van der Waals surface area contributed by atoms with Gasteiger partial charge in [-0.15, -0.1) is 0 Å². The van der Waals surface area contributed by atoms with E-state index in [-0.39, 0.29) is 6.42 Å². The van der Waals surface area contributed by atoms with Gasteiger partial charge in [0.2, 0.25) is 0 Å². The summed E-state index contributed by atoms with van der Waals surface area (Å²) in [6.45, 7) is 1.48. The van der Waals surface area contributed by atoms with Crippen molar-refractivity contribution in [1.29, 1.82) is 0 Å². The molecular formula is C12H17NO3. The number of nitrogens with two attached hydrogens (primary N) is 1. The van der Waals surface area contributed by atoms with Gasteiger partial charge in [0.1, 0.15) is 17.8 Å². The number of aliphatic hydroxyl groups is 1. The van der Waals surface area contributed by atoms with Crippen molar-refractivity contribution in [1.82, 2.24) is 0 Å². The van der Waals surface area contributed by atoms with E-state index < -0.39 is 11.6 Å². The molecule has 4 heteroatoms. The van der Waals surface area contributed by atoms with E-state index in [1.165, 1.54) is 6.92 Å². The molecule has 0 heterocycles. The monoisotopic (exact) mass is 223 g/mol. The van der Waals surface area contributed by atoms with Crippen LogP contribution in [0.25, 0.3) is 0 Å². The van der Waals surface area contributed by atoms with Crippen molar-refractivity contribution in [3.8, 4) is 5.75 Å². The van der Waals surface area contributed by atoms with Crippen LogP contribution in [-0.2, 0) is 4.79 Å². The van der Waals surface area contributed by atoms with Gasteiger partial charge in [-0.3, -0.25) is 0 Å². The van der Waals surface area contributed by atoms with Crippen LogP contribution in [0.2, 0.25) is 0 Å². The number of ether oxygens (including phenoxy) is 1. The Labute approximate surface area is 95.0 Å². The van der Waals surface area contributed by atoms with Crippen molar-refractivity contribution in [3.05, 3.63) is 29.8 Å². The fourth-order valence-electron chi connectivity index (χ4n) is 1.73. The molecule has 4 nitrogen and oxygen atoms in total. The Morgan fingerprint density at radius 3 is 2.69 bits per heavy atom. The SMILES string of the molecule is COc1ccccc1C(CC=O)C(C)(N)O. The highest BCUT2D eigenvalue weighted by Crippen LogP contribution is 2.33. The average Bonchev–Trinajstić information content (AvgIpc) is 2.24. The Balaban J connectivity index is 3.15. The summed E-state index contributed by atoms with van der Waals surface area (Å²) in [5.74, 6) is 0.154. The molecule has 1 rings (SSSR count). The van der Waals surface area contributed by atoms with Crippen molar-refractivity contribution in [2.75, 3.05) is 7.11 Å². The van der Waals surface area contributed by atoms with Crippen LogP contribution in [0.5, 0.6) is 5.75 Å². The number of hydrogen-bond acceptors (Lipinski definition) is 4. The molecule has 1 aromatic carbocycles. The van der Waals surface area contributed by atoms with Crippen molar-refractivity contribution in [2.24, 2.45) is 5.73 Å². The van der Waals surface area contributed by atoms with Crippen LogP contribution in [0.15, 0.2) is 24.3 Å². The van der Waals surface area contributed by atoms with E-state index in [4.69, 9.17) is 10.5 Å². The van der Waals surface area contributed by atoms with Gasteiger partial charge in [0, 0.05) is 17.9 Å². The van der Waals surface area contributed by atoms with Gasteiger partial charge in [0.15, 0.2) is 0 Å². The first kappa shape index (κ1) is 12.7. The Hall–Kier alpha value is -1.39. The van der Waals surface area contributed by atoms with E-state index in [0.29, 0.717) is 5.75 Å². The Morgan fingerprint density at radius 2 is 2.19 bits per heavy atom. The Kier molecular flexibility index (Phi) is 4.04. The topological polar surface area (TPSA) is 72.5 Å². The molecule has 2 atom stereocenters. The zero-order valence-corrected chi connectivity index (χ0v) is 9.51. The first-order valence-corrected chi connectivity index (χ1v) is 5.08. The van der Waals surface area contributed by atoms with Crippen LogP contribution < -0.4 is 10.5 Å². The van der Waals surface area contributed by atoms with Crippen molar-refractivity contribution in [2.45, 2.75) is 25.0 Å². The summed E-state index contributed by atoms with van der Waals surface area (Å²) in [6.07, 6.45) is 0.905. The highest BCUT2D eigenvalue weighted by Gasteiger charge is 2.30. The molecule has 0 radical (unpaired) electrons. The van der Waals surface area contributed by atoms with Gasteiger partial charge >= 0.3 is 0 Å². The van der Waals surface area contributed by atoms with Crippen LogP contribution in [0.3, 0.4) is 0 Å². The molecule has 0 amide bonds. The van der Waals surface area contributed by atoms with Crippen molar-refractivity contribution < 1.29 is 14.6 Å². The van der Waals surface area contributed by atoms with Gasteiger partial charge in [-0.2, -0.15) is 0 Å². The number of methoxy groups -OCH3 is 1. The summed E-state index contributed by atoms with van der Waals surface area (Å²) in [4.78, 5) is 10.6. The van der Waals surface area contributed by atoms with Gasteiger partial charge in [-0.1, -0.05) is 18.2 Å². The highest BCUT2D eigenvalue weighted by atomic mass is 16.5. The molecule has 0 saturated heterocycles. The molecule has 0 bridgehead atoms. The van der Waals surface area contributed by atoms with Crippen LogP contribution in [0.4, 0.5) is 0 Å². The normalized spacial score (nSPS) is 16.2. The lowest BCUT2D eigenvalue weighted by Crippen LogP contribution is -2.42. The lowest BCUT2D eigenvalue weighted by Gasteiger charge is -2.29. The second-order valence-corrected chi connectivity index (χ2v) is 3.92. The lowest BCUT2D eigenvalue weighted by molar-refractivity contribution is -0.109. The predicted octanol–water partition coefficient (Wildman–Crippen LogP) is 1.03. The number of hydrogen-bond donors (Lipinski definition) is 2. The van der Waals surface area contributed by atoms with E-state index in [1.807, 2.05) is 12.1 Å². The summed E-state index contributed by atoms with van der Waals surface area (Å²) in [6, 6.07) is 7.22. The number of benzene rings is 1. The van der Waals surface area contributed by atoms with E-state index >= 15 is 0 Å². The van der Waals surface area contributed by atoms with Crippen molar-refractivity contribution >= 4 is 6.29 Å². The number of carbonyl (C=O) groups is 1. The second kappa shape index (κ2) is 5.09. The third kappa shape index (κ3) is 2.81. The molecule has 0 aromatic heterocycles. The Morgan fingerprint density at radius 1 is 1.56 bits per heavy atom. The van der Waals surface area contributed by atoms with E-state index in [2.05, 4.69) is 0 Å². The van der Waals surface area contributed by atoms with Gasteiger partial charge in [0.05, 0.1) is 7.11 Å². The number of rotatable bonds is 5. The largest absolute Gasteiger partial charge is 0.496 e. The standard InChI is InChI=1S/C12H17NO3/c1-12(13,15)10(7-8-14)9-5-3-4-6-11(9)16-2/h3-6,8,10,15H,7,13H2,1-2H3. The zero-order chi connectivity index (χ0) is 12.2. The van der Waals surface area contributed by atoms with E-state index in [0.717, 1.165) is 11.8 Å². The zero-order valence-electron chi connectivity index (χ0n) is 9.51. The predicted molar refractivity (Wildman–Crippen MR) is 61.2 cm³/mol. The molecule has 16 heavy (non-hydrogen) atoms. The van der Waals surface area contributed by atoms with Gasteiger partial charge in [-0.25, -0.2) is 0 Å². The Bertz CT molecular complexity index is 358. The maximum atomic E-state index is 10.6. The van der Waals surface area contributed by atoms with E-state index in [9.17, 15) is 9.90 Å². The number of aldehydes is 1. The average molecular weight is 223 g/mol. The molecule has 1 aromatic rings. The maximum Gasteiger partial charge on any atom is 0.122 e. The van der Waals surface area contributed by atoms with E-state index in [1.54, 1.807) is 19.2 Å². The molecule has 0 aliphatic rings. The minimum atomic E-state index is -1.45. The summed E-state index contributed by atoms with van der Waals surface area (Å²) >= 11 is 0. The highest BCUT2D eigenvalue weighted by molar-refractivity contribution is 5.53. The van der Waals surface area contributed by atoms with Crippen LogP contribution in [0.1, 0.15) is 24.8 Å². The first-order chi connectivity index (χ1) is 7.50. The maximum absolute atomic E-state index is 10.6. The number of para-hydroxylation sites is 1. The van der Waals surface area contributed by atoms with Gasteiger partial charge in [0.25, 0.3) is 0 Å². The lowest BCUT2D eigenvalue weighted by atomic mass is 9.87. The third-order valence-electron chi connectivity index (χ3n) is 2.55. The number of carbonyl (C=O) groups excluding carboxylic acids is 1. The molecule has 3 N–H and O–H groups in total. The van der Waals surface area contributed by atoms with Gasteiger partial charge in [-0.05, 0) is 13.0 Å². The minimum absolute atomic E-state index is 0.157. The first-order valence-electron chi connectivity index (χ1n) is 5.08. The fraction of sp³-hybridized carbons (Fsp3) is 0.417. The molecule has 0 aliphatic carbocycles. The second-order valence-electron chi connectivity index (χ2n) is 3.92. The molecule has 2 unspecified atom stereocenters. The van der Waals surface area contributed by atoms with Crippen LogP contribution >= 0.6 is 0 Å². The quantitative estimate of drug-likeness (QED) is 0.577. The van der Waals surface area contributed by atoms with Crippen LogP contribution in [0, 0.1) is 0 Å². The summed E-state index contributed by atoms with van der Waals surface area (Å²) < 4.78 is 5.19. The van der Waals surface area contributed by atoms with Gasteiger partial charge < -0.3 is 20.4 Å². The molecule has 0 fully saturated rings. The molecule has 0 aliphatic heterocycles. The summed E-state index contributed by atoms with van der Waals surface area (Å²) in [5, 5.41) is 9.85. The third-order valence-corrected chi connectivity index (χ3v) is 2.55. The molecular weight excluding hydrogens is 206 g/mol. The summed E-state index contributed by atoms with van der Waals surface area (Å²) in [7, 11) is 1.54. The van der Waals surface area contributed by atoms with Crippen LogP contribution in [-0.4, -0.2) is 24.2 Å². The molecule has 88 valence electrons.